The molecule has 0 aliphatic carbocycles. The summed E-state index contributed by atoms with van der Waals surface area (Å²) in [6, 6.07) is 0. The zero-order valence-electron chi connectivity index (χ0n) is 12.3. The first-order chi connectivity index (χ1) is 8.85. The zero-order chi connectivity index (χ0) is 14.6. The second-order valence-corrected chi connectivity index (χ2v) is 5.67. The van der Waals surface area contributed by atoms with Gasteiger partial charge in [0.25, 0.3) is 0 Å². The average molecular weight is 268 g/mol. The van der Waals surface area contributed by atoms with E-state index in [0.29, 0.717) is 24.3 Å². The fraction of sp³-hybridized carbons (Fsp3) is 0.733. The van der Waals surface area contributed by atoms with Crippen LogP contribution in [0.15, 0.2) is 12.2 Å². The summed E-state index contributed by atoms with van der Waals surface area (Å²) in [5.41, 5.74) is 0.366. The van der Waals surface area contributed by atoms with Crippen LogP contribution in [-0.4, -0.2) is 24.1 Å². The third-order valence-corrected chi connectivity index (χ3v) is 3.34. The molecule has 1 aliphatic heterocycles. The number of hydrogen-bond acceptors (Lipinski definition) is 4. The Labute approximate surface area is 115 Å². The normalized spacial score (nSPS) is 24.2. The largest absolute Gasteiger partial charge is 0.458 e. The average Bonchev–Trinajstić information content (AvgIpc) is 2.68. The smallest absolute Gasteiger partial charge is 0.333 e. The standard InChI is InChI=1S/C15H24O4/c1-6-11-8-13(19-15(11)17)12(7-9(2)3)18-14(16)10(4)5/h9,11-13H,4,6-8H2,1-3,5H3. The van der Waals surface area contributed by atoms with Crippen molar-refractivity contribution in [3.05, 3.63) is 12.2 Å². The Morgan fingerprint density at radius 2 is 2.16 bits per heavy atom. The van der Waals surface area contributed by atoms with Crippen LogP contribution >= 0.6 is 0 Å². The number of rotatable bonds is 6. The van der Waals surface area contributed by atoms with Gasteiger partial charge in [0.1, 0.15) is 12.2 Å². The molecule has 0 bridgehead atoms. The predicted octanol–water partition coefficient (Wildman–Crippen LogP) is 2.86. The maximum absolute atomic E-state index is 11.7. The lowest BCUT2D eigenvalue weighted by Crippen LogP contribution is -2.32. The molecule has 0 amide bonds. The summed E-state index contributed by atoms with van der Waals surface area (Å²) in [5, 5.41) is 0. The van der Waals surface area contributed by atoms with Gasteiger partial charge in [0.2, 0.25) is 0 Å². The molecule has 4 heteroatoms. The highest BCUT2D eigenvalue weighted by Gasteiger charge is 2.39. The van der Waals surface area contributed by atoms with Crippen LogP contribution in [0.25, 0.3) is 0 Å². The first-order valence-electron chi connectivity index (χ1n) is 6.92. The highest BCUT2D eigenvalue weighted by molar-refractivity contribution is 5.87. The van der Waals surface area contributed by atoms with E-state index < -0.39 is 5.97 Å². The van der Waals surface area contributed by atoms with E-state index in [1.54, 1.807) is 6.92 Å². The molecule has 0 radical (unpaired) electrons. The number of carbonyl (C=O) groups excluding carboxylic acids is 2. The van der Waals surface area contributed by atoms with Gasteiger partial charge in [0, 0.05) is 12.0 Å². The summed E-state index contributed by atoms with van der Waals surface area (Å²) in [5.74, 6) is -0.292. The molecule has 1 rings (SSSR count). The molecule has 3 unspecified atom stereocenters. The summed E-state index contributed by atoms with van der Waals surface area (Å²) in [6.07, 6.45) is 1.40. The third-order valence-electron chi connectivity index (χ3n) is 3.34. The van der Waals surface area contributed by atoms with Crippen LogP contribution in [0.1, 0.15) is 47.0 Å². The number of cyclic esters (lactones) is 1. The summed E-state index contributed by atoms with van der Waals surface area (Å²) >= 11 is 0. The van der Waals surface area contributed by atoms with Gasteiger partial charge in [0.15, 0.2) is 0 Å². The minimum Gasteiger partial charge on any atom is -0.458 e. The number of hydrogen-bond donors (Lipinski definition) is 0. The lowest BCUT2D eigenvalue weighted by Gasteiger charge is -2.24. The highest BCUT2D eigenvalue weighted by Crippen LogP contribution is 2.29. The summed E-state index contributed by atoms with van der Waals surface area (Å²) < 4.78 is 10.8. The lowest BCUT2D eigenvalue weighted by atomic mass is 9.95. The molecule has 3 atom stereocenters. The maximum Gasteiger partial charge on any atom is 0.333 e. The summed E-state index contributed by atoms with van der Waals surface area (Å²) in [4.78, 5) is 23.3. The van der Waals surface area contributed by atoms with E-state index in [4.69, 9.17) is 9.47 Å². The lowest BCUT2D eigenvalue weighted by molar-refractivity contribution is -0.160. The molecule has 0 aromatic rings. The number of carbonyl (C=O) groups is 2. The Morgan fingerprint density at radius 3 is 2.58 bits per heavy atom. The van der Waals surface area contributed by atoms with Gasteiger partial charge in [-0.15, -0.1) is 0 Å². The van der Waals surface area contributed by atoms with E-state index in [1.165, 1.54) is 0 Å². The monoisotopic (exact) mass is 268 g/mol. The van der Waals surface area contributed by atoms with Crippen LogP contribution < -0.4 is 0 Å². The molecular weight excluding hydrogens is 244 g/mol. The molecule has 19 heavy (non-hydrogen) atoms. The van der Waals surface area contributed by atoms with Gasteiger partial charge in [-0.2, -0.15) is 0 Å². The Kier molecular flexibility index (Phi) is 5.58. The number of esters is 2. The Balaban J connectivity index is 2.72. The third kappa shape index (κ3) is 4.37. The molecule has 1 fully saturated rings. The van der Waals surface area contributed by atoms with Gasteiger partial charge >= 0.3 is 11.9 Å². The van der Waals surface area contributed by atoms with E-state index >= 15 is 0 Å². The zero-order valence-corrected chi connectivity index (χ0v) is 12.3. The van der Waals surface area contributed by atoms with Gasteiger partial charge in [0.05, 0.1) is 5.92 Å². The van der Waals surface area contributed by atoms with Crippen LogP contribution in [0, 0.1) is 11.8 Å². The molecule has 0 aromatic heterocycles. The predicted molar refractivity (Wildman–Crippen MR) is 72.4 cm³/mol. The van der Waals surface area contributed by atoms with Crippen LogP contribution in [-0.2, 0) is 19.1 Å². The van der Waals surface area contributed by atoms with E-state index in [9.17, 15) is 9.59 Å². The molecule has 1 heterocycles. The molecule has 0 aromatic carbocycles. The van der Waals surface area contributed by atoms with Crippen molar-refractivity contribution < 1.29 is 19.1 Å². The molecule has 0 N–H and O–H groups in total. The Morgan fingerprint density at radius 1 is 1.53 bits per heavy atom. The van der Waals surface area contributed by atoms with E-state index in [2.05, 4.69) is 20.4 Å². The van der Waals surface area contributed by atoms with Crippen molar-refractivity contribution in [3.8, 4) is 0 Å². The minimum atomic E-state index is -0.415. The van der Waals surface area contributed by atoms with Crippen molar-refractivity contribution >= 4 is 11.9 Å². The van der Waals surface area contributed by atoms with Crippen LogP contribution in [0.3, 0.4) is 0 Å². The fourth-order valence-corrected chi connectivity index (χ4v) is 2.21. The van der Waals surface area contributed by atoms with Crippen molar-refractivity contribution in [3.63, 3.8) is 0 Å². The van der Waals surface area contributed by atoms with Gasteiger partial charge < -0.3 is 9.47 Å². The van der Waals surface area contributed by atoms with E-state index in [0.717, 1.165) is 6.42 Å². The Hall–Kier alpha value is -1.32. The van der Waals surface area contributed by atoms with Crippen molar-refractivity contribution in [1.82, 2.24) is 0 Å². The SMILES string of the molecule is C=C(C)C(=O)OC(CC(C)C)C1CC(CC)C(=O)O1. The van der Waals surface area contributed by atoms with Crippen molar-refractivity contribution in [1.29, 1.82) is 0 Å². The fourth-order valence-electron chi connectivity index (χ4n) is 2.21. The topological polar surface area (TPSA) is 52.6 Å². The number of ether oxygens (including phenoxy) is 2. The highest BCUT2D eigenvalue weighted by atomic mass is 16.6. The van der Waals surface area contributed by atoms with Crippen LogP contribution in [0.2, 0.25) is 0 Å². The first kappa shape index (κ1) is 15.7. The molecular formula is C15H24O4. The quantitative estimate of drug-likeness (QED) is 0.549. The Bertz CT molecular complexity index is 359. The molecule has 0 spiro atoms. The van der Waals surface area contributed by atoms with Crippen LogP contribution in [0.4, 0.5) is 0 Å². The first-order valence-corrected chi connectivity index (χ1v) is 6.92. The van der Waals surface area contributed by atoms with E-state index in [1.807, 2.05) is 6.92 Å². The molecule has 1 aliphatic rings. The second-order valence-electron chi connectivity index (χ2n) is 5.67. The van der Waals surface area contributed by atoms with Crippen molar-refractivity contribution in [2.45, 2.75) is 59.2 Å². The molecule has 4 nitrogen and oxygen atoms in total. The molecule has 1 saturated heterocycles. The van der Waals surface area contributed by atoms with Gasteiger partial charge in [-0.05, 0) is 25.7 Å². The second kappa shape index (κ2) is 6.73. The maximum atomic E-state index is 11.7. The molecule has 108 valence electrons. The summed E-state index contributed by atoms with van der Waals surface area (Å²) in [7, 11) is 0. The molecule has 0 saturated carbocycles. The van der Waals surface area contributed by atoms with E-state index in [-0.39, 0.29) is 24.1 Å². The van der Waals surface area contributed by atoms with Crippen LogP contribution in [0.5, 0.6) is 0 Å². The van der Waals surface area contributed by atoms with Gasteiger partial charge in [-0.1, -0.05) is 27.4 Å². The van der Waals surface area contributed by atoms with Gasteiger partial charge in [-0.25, -0.2) is 4.79 Å². The summed E-state index contributed by atoms with van der Waals surface area (Å²) in [6.45, 7) is 11.3. The van der Waals surface area contributed by atoms with Crippen molar-refractivity contribution in [2.75, 3.05) is 0 Å². The van der Waals surface area contributed by atoms with Crippen molar-refractivity contribution in [2.24, 2.45) is 11.8 Å². The van der Waals surface area contributed by atoms with Gasteiger partial charge in [-0.3, -0.25) is 4.79 Å². The minimum absolute atomic E-state index is 0.0665.